The molecule has 11 heteroatoms. The van der Waals surface area contributed by atoms with Gasteiger partial charge in [-0.2, -0.15) is 4.68 Å². The molecule has 3 heterocycles. The van der Waals surface area contributed by atoms with Gasteiger partial charge in [-0.05, 0) is 53.6 Å². The van der Waals surface area contributed by atoms with Gasteiger partial charge in [0.25, 0.3) is 0 Å². The predicted octanol–water partition coefficient (Wildman–Crippen LogP) is 4.26. The van der Waals surface area contributed by atoms with E-state index in [4.69, 9.17) is 11.6 Å². The number of aromatic nitrogens is 6. The van der Waals surface area contributed by atoms with Gasteiger partial charge in [0.15, 0.2) is 0 Å². The number of amides is 2. The van der Waals surface area contributed by atoms with Gasteiger partial charge in [-0.1, -0.05) is 42.0 Å². The molecule has 37 heavy (non-hydrogen) atoms. The summed E-state index contributed by atoms with van der Waals surface area (Å²) in [6, 6.07) is 12.4. The Morgan fingerprint density at radius 1 is 1.19 bits per heavy atom. The first-order valence-electron chi connectivity index (χ1n) is 11.7. The van der Waals surface area contributed by atoms with E-state index in [2.05, 4.69) is 36.1 Å². The molecular weight excluding hydrogens is 492 g/mol. The van der Waals surface area contributed by atoms with Crippen LogP contribution in [-0.4, -0.2) is 42.0 Å². The molecule has 3 N–H and O–H groups in total. The van der Waals surface area contributed by atoms with Crippen molar-refractivity contribution in [1.82, 2.24) is 35.5 Å². The van der Waals surface area contributed by atoms with Crippen LogP contribution in [0.5, 0.6) is 0 Å². The number of hydrogen-bond donors (Lipinski definition) is 3. The van der Waals surface area contributed by atoms with Crippen molar-refractivity contribution in [2.45, 2.75) is 25.3 Å². The van der Waals surface area contributed by atoms with Crippen LogP contribution in [0.4, 0.5) is 5.69 Å². The highest BCUT2D eigenvalue weighted by Crippen LogP contribution is 2.28. The van der Waals surface area contributed by atoms with Crippen LogP contribution in [-0.2, 0) is 9.59 Å². The maximum Gasteiger partial charge on any atom is 0.244 e. The smallest absolute Gasteiger partial charge is 0.244 e. The van der Waals surface area contributed by atoms with Crippen molar-refractivity contribution in [3.05, 3.63) is 89.6 Å². The Bertz CT molecular complexity index is 1480. The molecule has 0 saturated heterocycles. The Morgan fingerprint density at radius 3 is 2.95 bits per heavy atom. The average molecular weight is 515 g/mol. The number of nitrogens with zero attached hydrogens (tertiary/aromatic N) is 5. The molecule has 0 unspecified atom stereocenters. The summed E-state index contributed by atoms with van der Waals surface area (Å²) in [6.07, 6.45) is 11.6. The predicted molar refractivity (Wildman–Crippen MR) is 140 cm³/mol. The van der Waals surface area contributed by atoms with E-state index >= 15 is 0 Å². The van der Waals surface area contributed by atoms with Crippen molar-refractivity contribution in [2.24, 2.45) is 0 Å². The molecule has 1 aliphatic rings. The van der Waals surface area contributed by atoms with E-state index in [9.17, 15) is 9.59 Å². The van der Waals surface area contributed by atoms with E-state index in [1.807, 2.05) is 36.4 Å². The second kappa shape index (κ2) is 11.0. The minimum absolute atomic E-state index is 0.0619. The summed E-state index contributed by atoms with van der Waals surface area (Å²) in [4.78, 5) is 33.2. The van der Waals surface area contributed by atoms with Crippen molar-refractivity contribution in [1.29, 1.82) is 0 Å². The molecule has 0 fully saturated rings. The first-order valence-corrected chi connectivity index (χ1v) is 12.1. The van der Waals surface area contributed by atoms with Gasteiger partial charge < -0.3 is 15.6 Å². The third-order valence-electron chi connectivity index (χ3n) is 5.81. The number of carbonyl (C=O) groups is 2. The van der Waals surface area contributed by atoms with Crippen LogP contribution in [0.3, 0.4) is 0 Å². The number of hydrogen-bond acceptors (Lipinski definition) is 6. The monoisotopic (exact) mass is 514 g/mol. The first kappa shape index (κ1) is 24.1. The van der Waals surface area contributed by atoms with Crippen LogP contribution in [0.15, 0.2) is 73.2 Å². The summed E-state index contributed by atoms with van der Waals surface area (Å²) in [5.74, 6) is 0.243. The Kier molecular flexibility index (Phi) is 7.18. The van der Waals surface area contributed by atoms with Crippen molar-refractivity contribution in [3.8, 4) is 16.9 Å². The van der Waals surface area contributed by atoms with Crippen molar-refractivity contribution >= 4 is 35.2 Å². The number of para-hydroxylation sites is 1. The number of aromatic amines is 1. The van der Waals surface area contributed by atoms with Crippen LogP contribution < -0.4 is 10.6 Å². The van der Waals surface area contributed by atoms with Gasteiger partial charge in [-0.3, -0.25) is 9.59 Å². The highest BCUT2D eigenvalue weighted by atomic mass is 35.5. The largest absolute Gasteiger partial charge is 0.342 e. The standard InChI is InChI=1S/C26H23ClN8O2/c27-18-11-12-23(35-16-29-33-34-35)17(14-18)10-13-25(37)31-21-8-2-1-3-9-24(36)30-20-7-5-4-6-19(20)22-15-28-26(21)32-22/h1-2,4-7,10-16,21H,3,8-9H2,(H,28,32)(H,30,36)(H,31,37)/b2-1-,13-10-/t21-/m0/s1. The normalized spacial score (nSPS) is 16.7. The Balaban J connectivity index is 1.39. The molecule has 10 nitrogen and oxygen atoms in total. The van der Waals surface area contributed by atoms with E-state index in [1.54, 1.807) is 30.5 Å². The molecule has 0 saturated carbocycles. The molecule has 1 aliphatic heterocycles. The first-order chi connectivity index (χ1) is 18.1. The van der Waals surface area contributed by atoms with E-state index in [0.29, 0.717) is 47.0 Å². The summed E-state index contributed by atoms with van der Waals surface area (Å²) in [5, 5.41) is 17.8. The Morgan fingerprint density at radius 2 is 2.08 bits per heavy atom. The minimum Gasteiger partial charge on any atom is -0.342 e. The number of rotatable bonds is 4. The number of tetrazole rings is 1. The fraction of sp³-hybridized carbons (Fsp3) is 0.154. The number of halogens is 1. The van der Waals surface area contributed by atoms with Crippen LogP contribution >= 0.6 is 11.6 Å². The Labute approximate surface area is 217 Å². The summed E-state index contributed by atoms with van der Waals surface area (Å²) in [5.41, 5.74) is 3.63. The molecule has 0 aliphatic carbocycles. The molecule has 186 valence electrons. The number of carbonyl (C=O) groups excluding carboxylic acids is 2. The molecule has 1 atom stereocenters. The van der Waals surface area contributed by atoms with Crippen molar-refractivity contribution in [3.63, 3.8) is 0 Å². The molecular formula is C26H23ClN8O2. The van der Waals surface area contributed by atoms with Gasteiger partial charge in [0.1, 0.15) is 12.2 Å². The molecule has 4 aromatic rings. The van der Waals surface area contributed by atoms with Gasteiger partial charge in [0.05, 0.1) is 29.3 Å². The second-order valence-corrected chi connectivity index (χ2v) is 8.81. The topological polar surface area (TPSA) is 130 Å². The van der Waals surface area contributed by atoms with Crippen LogP contribution in [0.25, 0.3) is 23.0 Å². The molecule has 0 radical (unpaired) electrons. The lowest BCUT2D eigenvalue weighted by Crippen LogP contribution is -2.27. The van der Waals surface area contributed by atoms with Crippen LogP contribution in [0.2, 0.25) is 5.02 Å². The van der Waals surface area contributed by atoms with Gasteiger partial charge in [-0.25, -0.2) is 4.98 Å². The summed E-state index contributed by atoms with van der Waals surface area (Å²) in [6.45, 7) is 0. The average Bonchev–Trinajstić information content (AvgIpc) is 3.60. The number of fused-ring (bicyclic) bond motifs is 4. The third kappa shape index (κ3) is 5.81. The number of nitrogens with one attached hydrogen (secondary N) is 3. The minimum atomic E-state index is -0.405. The van der Waals surface area contributed by atoms with Crippen molar-refractivity contribution in [2.75, 3.05) is 5.32 Å². The quantitative estimate of drug-likeness (QED) is 0.275. The summed E-state index contributed by atoms with van der Waals surface area (Å²) >= 11 is 6.18. The number of allylic oxidation sites excluding steroid dienone is 1. The van der Waals surface area contributed by atoms with Gasteiger partial charge in [-0.15, -0.1) is 5.10 Å². The molecule has 5 rings (SSSR count). The fourth-order valence-electron chi connectivity index (χ4n) is 4.02. The summed E-state index contributed by atoms with van der Waals surface area (Å²) in [7, 11) is 0. The summed E-state index contributed by atoms with van der Waals surface area (Å²) < 4.78 is 1.50. The lowest BCUT2D eigenvalue weighted by atomic mass is 10.1. The van der Waals surface area contributed by atoms with E-state index in [1.165, 1.54) is 17.1 Å². The third-order valence-corrected chi connectivity index (χ3v) is 6.04. The zero-order valence-corrected chi connectivity index (χ0v) is 20.4. The van der Waals surface area contributed by atoms with E-state index < -0.39 is 6.04 Å². The zero-order chi connectivity index (χ0) is 25.6. The number of anilines is 1. The molecule has 2 amide bonds. The second-order valence-electron chi connectivity index (χ2n) is 8.37. The van der Waals surface area contributed by atoms with E-state index in [-0.39, 0.29) is 11.8 Å². The van der Waals surface area contributed by atoms with Crippen LogP contribution in [0.1, 0.15) is 36.7 Å². The maximum absolute atomic E-state index is 13.0. The molecule has 0 spiro atoms. The van der Waals surface area contributed by atoms with Gasteiger partial charge in [0.2, 0.25) is 11.8 Å². The molecule has 2 aromatic heterocycles. The maximum atomic E-state index is 13.0. The highest BCUT2D eigenvalue weighted by Gasteiger charge is 2.18. The fourth-order valence-corrected chi connectivity index (χ4v) is 4.20. The highest BCUT2D eigenvalue weighted by molar-refractivity contribution is 6.30. The number of H-pyrrole nitrogens is 1. The number of imidazole rings is 1. The van der Waals surface area contributed by atoms with Crippen LogP contribution in [0, 0.1) is 0 Å². The van der Waals surface area contributed by atoms with Gasteiger partial charge >= 0.3 is 0 Å². The van der Waals surface area contributed by atoms with Gasteiger partial charge in [0, 0.05) is 28.6 Å². The molecule has 2 aromatic carbocycles. The zero-order valence-electron chi connectivity index (χ0n) is 19.6. The van der Waals surface area contributed by atoms with E-state index in [0.717, 1.165) is 11.3 Å². The lowest BCUT2D eigenvalue weighted by molar-refractivity contribution is -0.117. The molecule has 2 bridgehead atoms. The lowest BCUT2D eigenvalue weighted by Gasteiger charge is -2.14. The Hall–Kier alpha value is -4.57. The number of benzene rings is 2. The van der Waals surface area contributed by atoms with Crippen molar-refractivity contribution < 1.29 is 9.59 Å². The SMILES string of the molecule is O=C(/C=C\c1cc(Cl)ccc1-n1cnnn1)N[C@H]1C/C=C\CCC(=O)Nc2ccccc2-c2cnc1[nH]2.